The van der Waals surface area contributed by atoms with Crippen molar-refractivity contribution in [2.24, 2.45) is 16.3 Å². The Kier molecular flexibility index (Phi) is 12.1. The summed E-state index contributed by atoms with van der Waals surface area (Å²) in [6, 6.07) is 0. The Balaban J connectivity index is 0.00000312. The van der Waals surface area contributed by atoms with Crippen LogP contribution in [-0.4, -0.2) is 52.5 Å². The first-order valence-corrected chi connectivity index (χ1v) is 9.88. The van der Waals surface area contributed by atoms with Gasteiger partial charge in [-0.2, -0.15) is 0 Å². The van der Waals surface area contributed by atoms with Crippen LogP contribution < -0.4 is 10.6 Å². The lowest BCUT2D eigenvalue weighted by Gasteiger charge is -2.28. The summed E-state index contributed by atoms with van der Waals surface area (Å²) < 4.78 is 11.2. The summed E-state index contributed by atoms with van der Waals surface area (Å²) in [5, 5.41) is 6.94. The summed E-state index contributed by atoms with van der Waals surface area (Å²) >= 11 is 0. The van der Waals surface area contributed by atoms with Crippen molar-refractivity contribution >= 4 is 29.9 Å². The minimum Gasteiger partial charge on any atom is -0.381 e. The van der Waals surface area contributed by atoms with E-state index in [0.29, 0.717) is 11.3 Å². The molecular formula is C19H38IN3O2. The normalized spacial score (nSPS) is 21.0. The van der Waals surface area contributed by atoms with Gasteiger partial charge in [-0.3, -0.25) is 4.99 Å². The first-order valence-electron chi connectivity index (χ1n) is 9.88. The van der Waals surface area contributed by atoms with Crippen molar-refractivity contribution in [3.05, 3.63) is 0 Å². The van der Waals surface area contributed by atoms with Gasteiger partial charge in [0.05, 0.1) is 0 Å². The van der Waals surface area contributed by atoms with Gasteiger partial charge in [-0.05, 0) is 49.9 Å². The van der Waals surface area contributed by atoms with Gasteiger partial charge in [-0.1, -0.05) is 19.8 Å². The van der Waals surface area contributed by atoms with E-state index in [1.165, 1.54) is 32.1 Å². The van der Waals surface area contributed by atoms with Crippen LogP contribution in [-0.2, 0) is 9.47 Å². The van der Waals surface area contributed by atoms with Crippen LogP contribution >= 0.6 is 24.0 Å². The zero-order valence-corrected chi connectivity index (χ0v) is 18.5. The fourth-order valence-corrected chi connectivity index (χ4v) is 3.82. The number of halogens is 1. The molecule has 0 aromatic rings. The van der Waals surface area contributed by atoms with Gasteiger partial charge >= 0.3 is 0 Å². The molecule has 2 fully saturated rings. The van der Waals surface area contributed by atoms with Crippen LogP contribution in [0.25, 0.3) is 0 Å². The minimum atomic E-state index is 0. The largest absolute Gasteiger partial charge is 0.381 e. The van der Waals surface area contributed by atoms with Crippen molar-refractivity contribution in [2.45, 2.75) is 58.3 Å². The molecule has 2 aliphatic rings. The summed E-state index contributed by atoms with van der Waals surface area (Å²) in [5.74, 6) is 1.62. The topological polar surface area (TPSA) is 54.9 Å². The van der Waals surface area contributed by atoms with Crippen LogP contribution in [0.2, 0.25) is 0 Å². The van der Waals surface area contributed by atoms with Crippen LogP contribution in [0.4, 0.5) is 0 Å². The standard InChI is InChI=1S/C19H37N3O2.HI/c1-3-19(9-4-5-10-19)16-22-18(20-2)21-11-6-12-24-15-17-7-13-23-14-8-17;/h17H,3-16H2,1-2H3,(H2,20,21,22);1H. The van der Waals surface area contributed by atoms with Crippen molar-refractivity contribution in [3.63, 3.8) is 0 Å². The van der Waals surface area contributed by atoms with Gasteiger partial charge in [-0.25, -0.2) is 0 Å². The van der Waals surface area contributed by atoms with Gasteiger partial charge in [-0.15, -0.1) is 24.0 Å². The maximum Gasteiger partial charge on any atom is 0.190 e. The van der Waals surface area contributed by atoms with Crippen LogP contribution in [0, 0.1) is 11.3 Å². The molecule has 25 heavy (non-hydrogen) atoms. The Labute approximate surface area is 171 Å². The van der Waals surface area contributed by atoms with E-state index in [2.05, 4.69) is 22.5 Å². The molecule has 5 nitrogen and oxygen atoms in total. The predicted molar refractivity (Wildman–Crippen MR) is 115 cm³/mol. The van der Waals surface area contributed by atoms with Crippen LogP contribution in [0.1, 0.15) is 58.3 Å². The molecular weight excluding hydrogens is 429 g/mol. The number of nitrogens with zero attached hydrogens (tertiary/aromatic N) is 1. The van der Waals surface area contributed by atoms with Crippen molar-refractivity contribution < 1.29 is 9.47 Å². The number of hydrogen-bond donors (Lipinski definition) is 2. The van der Waals surface area contributed by atoms with Crippen molar-refractivity contribution in [3.8, 4) is 0 Å². The summed E-state index contributed by atoms with van der Waals surface area (Å²) in [6.07, 6.45) is 10.0. The third-order valence-electron chi connectivity index (χ3n) is 5.72. The number of hydrogen-bond acceptors (Lipinski definition) is 3. The summed E-state index contributed by atoms with van der Waals surface area (Å²) in [6.45, 7) is 7.78. The molecule has 2 rings (SSSR count). The molecule has 0 atom stereocenters. The van der Waals surface area contributed by atoms with E-state index in [9.17, 15) is 0 Å². The lowest BCUT2D eigenvalue weighted by Crippen LogP contribution is -2.43. The van der Waals surface area contributed by atoms with Crippen LogP contribution in [0.15, 0.2) is 4.99 Å². The average Bonchev–Trinajstić information content (AvgIpc) is 3.11. The van der Waals surface area contributed by atoms with Gasteiger partial charge < -0.3 is 20.1 Å². The third kappa shape index (κ3) is 8.43. The predicted octanol–water partition coefficient (Wildman–Crippen LogP) is 3.57. The lowest BCUT2D eigenvalue weighted by molar-refractivity contribution is 0.0203. The molecule has 0 aromatic carbocycles. The second kappa shape index (κ2) is 13.1. The average molecular weight is 467 g/mol. The van der Waals surface area contributed by atoms with Crippen LogP contribution in [0.3, 0.4) is 0 Å². The van der Waals surface area contributed by atoms with Crippen molar-refractivity contribution in [2.75, 3.05) is 46.6 Å². The zero-order chi connectivity index (χ0) is 17.1. The van der Waals surface area contributed by atoms with Crippen LogP contribution in [0.5, 0.6) is 0 Å². The summed E-state index contributed by atoms with van der Waals surface area (Å²) in [4.78, 5) is 4.35. The maximum absolute atomic E-state index is 5.81. The fraction of sp³-hybridized carbons (Fsp3) is 0.947. The number of ether oxygens (including phenoxy) is 2. The van der Waals surface area contributed by atoms with E-state index < -0.39 is 0 Å². The minimum absolute atomic E-state index is 0. The monoisotopic (exact) mass is 467 g/mol. The molecule has 0 aromatic heterocycles. The van der Waals surface area contributed by atoms with E-state index in [1.54, 1.807) is 0 Å². The maximum atomic E-state index is 5.81. The quantitative estimate of drug-likeness (QED) is 0.236. The van der Waals surface area contributed by atoms with Gasteiger partial charge in [0.25, 0.3) is 0 Å². The lowest BCUT2D eigenvalue weighted by atomic mass is 9.83. The van der Waals surface area contributed by atoms with Crippen molar-refractivity contribution in [1.29, 1.82) is 0 Å². The molecule has 1 saturated heterocycles. The van der Waals surface area contributed by atoms with Crippen molar-refractivity contribution in [1.82, 2.24) is 10.6 Å². The van der Waals surface area contributed by atoms with E-state index in [-0.39, 0.29) is 24.0 Å². The molecule has 0 bridgehead atoms. The molecule has 0 amide bonds. The van der Waals surface area contributed by atoms with Gasteiger partial charge in [0, 0.05) is 46.6 Å². The highest BCUT2D eigenvalue weighted by molar-refractivity contribution is 14.0. The SMILES string of the molecule is CCC1(CNC(=NC)NCCCOCC2CCOCC2)CCCC1.I. The highest BCUT2D eigenvalue weighted by Crippen LogP contribution is 2.40. The summed E-state index contributed by atoms with van der Waals surface area (Å²) in [5.41, 5.74) is 0.491. The van der Waals surface area contributed by atoms with Gasteiger partial charge in [0.1, 0.15) is 0 Å². The molecule has 148 valence electrons. The highest BCUT2D eigenvalue weighted by atomic mass is 127. The van der Waals surface area contributed by atoms with E-state index in [1.807, 2.05) is 7.05 Å². The molecule has 1 heterocycles. The molecule has 0 spiro atoms. The highest BCUT2D eigenvalue weighted by Gasteiger charge is 2.31. The molecule has 6 heteroatoms. The van der Waals surface area contributed by atoms with Gasteiger partial charge in [0.2, 0.25) is 0 Å². The molecule has 1 aliphatic carbocycles. The Morgan fingerprint density at radius 3 is 2.56 bits per heavy atom. The number of rotatable bonds is 9. The number of aliphatic imine (C=N–C) groups is 1. The number of guanidine groups is 1. The van der Waals surface area contributed by atoms with E-state index in [0.717, 1.165) is 64.7 Å². The Morgan fingerprint density at radius 1 is 1.20 bits per heavy atom. The summed E-state index contributed by atoms with van der Waals surface area (Å²) in [7, 11) is 1.85. The Morgan fingerprint density at radius 2 is 1.92 bits per heavy atom. The smallest absolute Gasteiger partial charge is 0.190 e. The van der Waals surface area contributed by atoms with Gasteiger partial charge in [0.15, 0.2) is 5.96 Å². The first kappa shape index (κ1) is 23.0. The van der Waals surface area contributed by atoms with E-state index in [4.69, 9.17) is 9.47 Å². The second-order valence-electron chi connectivity index (χ2n) is 7.40. The first-order chi connectivity index (χ1) is 11.8. The number of nitrogens with one attached hydrogen (secondary N) is 2. The third-order valence-corrected chi connectivity index (χ3v) is 5.72. The second-order valence-corrected chi connectivity index (χ2v) is 7.40. The fourth-order valence-electron chi connectivity index (χ4n) is 3.82. The molecule has 0 radical (unpaired) electrons. The Bertz CT molecular complexity index is 368. The molecule has 0 unspecified atom stereocenters. The van der Waals surface area contributed by atoms with E-state index >= 15 is 0 Å². The molecule has 2 N–H and O–H groups in total. The molecule has 1 aliphatic heterocycles. The zero-order valence-electron chi connectivity index (χ0n) is 16.1. The Hall–Kier alpha value is -0.0800. The molecule has 1 saturated carbocycles.